The van der Waals surface area contributed by atoms with Gasteiger partial charge in [-0.1, -0.05) is 0 Å². The molecule has 54 valence electrons. The second kappa shape index (κ2) is 2.55. The molecule has 0 aliphatic carbocycles. The molecule has 0 aliphatic heterocycles. The summed E-state index contributed by atoms with van der Waals surface area (Å²) in [4.78, 5) is 6.52. The molecule has 0 unspecified atom stereocenters. The minimum atomic E-state index is -0.830. The van der Waals surface area contributed by atoms with Gasteiger partial charge in [-0.05, 0) is 0 Å². The first-order chi connectivity index (χ1) is 4.72. The van der Waals surface area contributed by atoms with Crippen LogP contribution >= 0.6 is 0 Å². The van der Waals surface area contributed by atoms with E-state index >= 15 is 0 Å². The predicted molar refractivity (Wildman–Crippen MR) is 31.2 cm³/mol. The van der Waals surface area contributed by atoms with Gasteiger partial charge in [-0.2, -0.15) is 9.37 Å². The SMILES string of the molecule is Nc1nc(F)cc(CF)n1. The monoisotopic (exact) mass is 145 g/mol. The molecule has 0 aliphatic rings. The van der Waals surface area contributed by atoms with Crippen LogP contribution in [0, 0.1) is 5.95 Å². The van der Waals surface area contributed by atoms with E-state index < -0.39 is 12.6 Å². The van der Waals surface area contributed by atoms with Crippen molar-refractivity contribution in [3.8, 4) is 0 Å². The molecular weight excluding hydrogens is 140 g/mol. The average molecular weight is 145 g/mol. The molecule has 0 bridgehead atoms. The summed E-state index contributed by atoms with van der Waals surface area (Å²) in [5.74, 6) is -1.05. The number of hydrogen-bond donors (Lipinski definition) is 1. The Morgan fingerprint density at radius 3 is 2.70 bits per heavy atom. The Hall–Kier alpha value is -1.26. The van der Waals surface area contributed by atoms with Crippen molar-refractivity contribution in [3.63, 3.8) is 0 Å². The lowest BCUT2D eigenvalue weighted by Crippen LogP contribution is -1.99. The van der Waals surface area contributed by atoms with E-state index in [-0.39, 0.29) is 11.6 Å². The highest BCUT2D eigenvalue weighted by atomic mass is 19.1. The predicted octanol–water partition coefficient (Wildman–Crippen LogP) is 0.667. The van der Waals surface area contributed by atoms with Crippen LogP contribution in [-0.2, 0) is 6.67 Å². The second-order valence-electron chi connectivity index (χ2n) is 1.67. The fourth-order valence-corrected chi connectivity index (χ4v) is 0.552. The van der Waals surface area contributed by atoms with Gasteiger partial charge in [0.25, 0.3) is 0 Å². The lowest BCUT2D eigenvalue weighted by molar-refractivity contribution is 0.469. The summed E-state index contributed by atoms with van der Waals surface area (Å²) in [6.45, 7) is -0.830. The number of nitrogen functional groups attached to an aromatic ring is 1. The minimum absolute atomic E-state index is 0.0370. The molecule has 1 aromatic rings. The van der Waals surface area contributed by atoms with Gasteiger partial charge in [-0.15, -0.1) is 0 Å². The molecule has 0 saturated heterocycles. The van der Waals surface area contributed by atoms with Gasteiger partial charge in [0.1, 0.15) is 6.67 Å². The smallest absolute Gasteiger partial charge is 0.223 e. The van der Waals surface area contributed by atoms with Crippen LogP contribution in [-0.4, -0.2) is 9.97 Å². The Morgan fingerprint density at radius 2 is 2.20 bits per heavy atom. The van der Waals surface area contributed by atoms with Gasteiger partial charge in [-0.25, -0.2) is 9.37 Å². The maximum atomic E-state index is 12.2. The van der Waals surface area contributed by atoms with Crippen molar-refractivity contribution in [2.75, 3.05) is 5.73 Å². The normalized spacial score (nSPS) is 9.80. The van der Waals surface area contributed by atoms with Gasteiger partial charge >= 0.3 is 0 Å². The van der Waals surface area contributed by atoms with Crippen LogP contribution in [0.4, 0.5) is 14.7 Å². The third-order valence-electron chi connectivity index (χ3n) is 0.902. The average Bonchev–Trinajstić information content (AvgIpc) is 1.85. The van der Waals surface area contributed by atoms with Gasteiger partial charge in [0.15, 0.2) is 0 Å². The molecule has 2 N–H and O–H groups in total. The molecule has 1 rings (SSSR count). The molecule has 0 fully saturated rings. The fraction of sp³-hybridized carbons (Fsp3) is 0.200. The number of rotatable bonds is 1. The molecule has 1 aromatic heterocycles. The molecule has 0 amide bonds. The van der Waals surface area contributed by atoms with Gasteiger partial charge in [0.05, 0.1) is 5.69 Å². The van der Waals surface area contributed by atoms with Crippen LogP contribution in [0.5, 0.6) is 0 Å². The summed E-state index contributed by atoms with van der Waals surface area (Å²) < 4.78 is 24.0. The summed E-state index contributed by atoms with van der Waals surface area (Å²) in [5, 5.41) is 0. The number of anilines is 1. The Labute approximate surface area is 55.9 Å². The molecule has 1 heterocycles. The molecule has 10 heavy (non-hydrogen) atoms. The molecule has 0 aromatic carbocycles. The first-order valence-corrected chi connectivity index (χ1v) is 2.57. The van der Waals surface area contributed by atoms with Crippen molar-refractivity contribution in [3.05, 3.63) is 17.7 Å². The van der Waals surface area contributed by atoms with E-state index in [1.165, 1.54) is 0 Å². The summed E-state index contributed by atoms with van der Waals surface area (Å²) in [6.07, 6.45) is 0. The number of hydrogen-bond acceptors (Lipinski definition) is 3. The van der Waals surface area contributed by atoms with E-state index in [4.69, 9.17) is 5.73 Å². The minimum Gasteiger partial charge on any atom is -0.368 e. The maximum absolute atomic E-state index is 12.2. The molecule has 0 atom stereocenters. The Balaban J connectivity index is 3.06. The van der Waals surface area contributed by atoms with Crippen molar-refractivity contribution in [1.29, 1.82) is 0 Å². The standard InChI is InChI=1S/C5H5F2N3/c6-2-3-1-4(7)10-5(8)9-3/h1H,2H2,(H2,8,9,10). The lowest BCUT2D eigenvalue weighted by atomic mass is 10.4. The molecular formula is C5H5F2N3. The van der Waals surface area contributed by atoms with E-state index in [1.807, 2.05) is 0 Å². The number of nitrogens with zero attached hydrogens (tertiary/aromatic N) is 2. The Morgan fingerprint density at radius 1 is 1.50 bits per heavy atom. The van der Waals surface area contributed by atoms with Crippen molar-refractivity contribution in [2.45, 2.75) is 6.67 Å². The number of aromatic nitrogens is 2. The Bertz CT molecular complexity index is 218. The first kappa shape index (κ1) is 6.85. The largest absolute Gasteiger partial charge is 0.368 e. The van der Waals surface area contributed by atoms with Crippen molar-refractivity contribution in [1.82, 2.24) is 9.97 Å². The van der Waals surface area contributed by atoms with Crippen molar-refractivity contribution in [2.24, 2.45) is 0 Å². The van der Waals surface area contributed by atoms with Gasteiger partial charge in [-0.3, -0.25) is 0 Å². The topological polar surface area (TPSA) is 51.8 Å². The summed E-state index contributed by atoms with van der Waals surface area (Å²) in [5.41, 5.74) is 4.97. The van der Waals surface area contributed by atoms with Gasteiger partial charge in [0, 0.05) is 6.07 Å². The van der Waals surface area contributed by atoms with E-state index in [0.717, 1.165) is 6.07 Å². The van der Waals surface area contributed by atoms with E-state index in [0.29, 0.717) is 0 Å². The van der Waals surface area contributed by atoms with Crippen LogP contribution in [0.1, 0.15) is 5.69 Å². The highest BCUT2D eigenvalue weighted by molar-refractivity contribution is 5.17. The van der Waals surface area contributed by atoms with Crippen LogP contribution in [0.15, 0.2) is 6.07 Å². The van der Waals surface area contributed by atoms with Crippen LogP contribution < -0.4 is 5.73 Å². The van der Waals surface area contributed by atoms with Crippen LogP contribution in [0.25, 0.3) is 0 Å². The zero-order valence-corrected chi connectivity index (χ0v) is 5.01. The summed E-state index contributed by atoms with van der Waals surface area (Å²) in [6, 6.07) is 0.899. The highest BCUT2D eigenvalue weighted by Gasteiger charge is 1.99. The first-order valence-electron chi connectivity index (χ1n) is 2.57. The lowest BCUT2D eigenvalue weighted by Gasteiger charge is -1.94. The number of halogens is 2. The number of nitrogens with two attached hydrogens (primary N) is 1. The zero-order chi connectivity index (χ0) is 7.56. The zero-order valence-electron chi connectivity index (χ0n) is 5.01. The fourth-order valence-electron chi connectivity index (χ4n) is 0.552. The third kappa shape index (κ3) is 1.37. The van der Waals surface area contributed by atoms with Crippen LogP contribution in [0.2, 0.25) is 0 Å². The third-order valence-corrected chi connectivity index (χ3v) is 0.902. The van der Waals surface area contributed by atoms with Gasteiger partial charge < -0.3 is 5.73 Å². The van der Waals surface area contributed by atoms with Gasteiger partial charge in [0.2, 0.25) is 11.9 Å². The van der Waals surface area contributed by atoms with E-state index in [2.05, 4.69) is 9.97 Å². The summed E-state index contributed by atoms with van der Waals surface area (Å²) >= 11 is 0. The molecule has 0 saturated carbocycles. The quantitative estimate of drug-likeness (QED) is 0.591. The maximum Gasteiger partial charge on any atom is 0.223 e. The molecule has 0 radical (unpaired) electrons. The van der Waals surface area contributed by atoms with E-state index in [9.17, 15) is 8.78 Å². The molecule has 5 heteroatoms. The highest BCUT2D eigenvalue weighted by Crippen LogP contribution is 2.01. The second-order valence-corrected chi connectivity index (χ2v) is 1.67. The summed E-state index contributed by atoms with van der Waals surface area (Å²) in [7, 11) is 0. The Kier molecular flexibility index (Phi) is 1.75. The van der Waals surface area contributed by atoms with Crippen molar-refractivity contribution < 1.29 is 8.78 Å². The molecule has 3 nitrogen and oxygen atoms in total. The van der Waals surface area contributed by atoms with Crippen LogP contribution in [0.3, 0.4) is 0 Å². The molecule has 0 spiro atoms. The van der Waals surface area contributed by atoms with E-state index in [1.54, 1.807) is 0 Å². The van der Waals surface area contributed by atoms with Crippen molar-refractivity contribution >= 4 is 5.95 Å². The number of alkyl halides is 1.